The maximum atomic E-state index is 15.1. The highest BCUT2D eigenvalue weighted by atomic mass is 32.1. The van der Waals surface area contributed by atoms with Crippen LogP contribution in [0.15, 0.2) is 57.7 Å². The van der Waals surface area contributed by atoms with E-state index in [9.17, 15) is 4.39 Å². The summed E-state index contributed by atoms with van der Waals surface area (Å²) in [6.45, 7) is 9.34. The summed E-state index contributed by atoms with van der Waals surface area (Å²) in [5.41, 5.74) is 1.90. The first-order chi connectivity index (χ1) is 18.4. The van der Waals surface area contributed by atoms with Crippen LogP contribution in [0.3, 0.4) is 0 Å². The third-order valence-corrected chi connectivity index (χ3v) is 7.09. The van der Waals surface area contributed by atoms with Crippen molar-refractivity contribution in [1.82, 2.24) is 25.0 Å². The zero-order chi connectivity index (χ0) is 26.6. The number of thiophene rings is 1. The molecule has 1 aliphatic heterocycles. The molecule has 0 amide bonds. The summed E-state index contributed by atoms with van der Waals surface area (Å²) in [6, 6.07) is 8.59. The third kappa shape index (κ3) is 5.82. The van der Waals surface area contributed by atoms with Gasteiger partial charge in [0, 0.05) is 55.5 Å². The van der Waals surface area contributed by atoms with Gasteiger partial charge in [0.15, 0.2) is 17.5 Å². The molecule has 38 heavy (non-hydrogen) atoms. The van der Waals surface area contributed by atoms with Crippen LogP contribution < -0.4 is 10.1 Å². The number of aromatic amines is 2. The molecule has 3 N–H and O–H groups in total. The fourth-order valence-corrected chi connectivity index (χ4v) is 4.80. The lowest BCUT2D eigenvalue weighted by Gasteiger charge is -2.31. The number of anilines is 1. The van der Waals surface area contributed by atoms with Gasteiger partial charge in [0.05, 0.1) is 22.8 Å². The smallest absolute Gasteiger partial charge is 0.222 e. The van der Waals surface area contributed by atoms with Crippen LogP contribution in [0, 0.1) is 18.6 Å². The van der Waals surface area contributed by atoms with Crippen LogP contribution in [0.5, 0.6) is 5.75 Å². The quantitative estimate of drug-likeness (QED) is 0.169. The van der Waals surface area contributed by atoms with Crippen molar-refractivity contribution in [3.63, 3.8) is 0 Å². The minimum atomic E-state index is -0.858. The molecule has 4 aromatic rings. The third-order valence-electron chi connectivity index (χ3n) is 6.19. The second kappa shape index (κ2) is 11.3. The highest BCUT2D eigenvalue weighted by Crippen LogP contribution is 2.31. The normalized spacial score (nSPS) is 15.8. The van der Waals surface area contributed by atoms with Crippen molar-refractivity contribution in [2.75, 3.05) is 45.2 Å². The van der Waals surface area contributed by atoms with E-state index < -0.39 is 17.4 Å². The molecule has 198 valence electrons. The first-order valence-electron chi connectivity index (χ1n) is 12.0. The average molecular weight is 539 g/mol. The van der Waals surface area contributed by atoms with E-state index in [2.05, 4.69) is 49.1 Å². The molecule has 0 radical (unpaired) electrons. The largest absolute Gasteiger partial charge is 0.433 e. The number of ether oxygens (including phenoxy) is 1. The molecule has 1 saturated heterocycles. The van der Waals surface area contributed by atoms with Crippen molar-refractivity contribution in [3.05, 3.63) is 65.0 Å². The maximum absolute atomic E-state index is 15.1. The van der Waals surface area contributed by atoms with Crippen LogP contribution in [0.4, 0.5) is 14.6 Å². The maximum Gasteiger partial charge on any atom is 0.222 e. The van der Waals surface area contributed by atoms with Crippen LogP contribution in [0.25, 0.3) is 21.5 Å². The average Bonchev–Trinajstić information content (AvgIpc) is 3.66. The van der Waals surface area contributed by atoms with Crippen LogP contribution in [-0.4, -0.2) is 77.4 Å². The summed E-state index contributed by atoms with van der Waals surface area (Å²) in [4.78, 5) is 17.0. The lowest BCUT2D eigenvalue weighted by molar-refractivity contribution is 0.158. The molecule has 0 aliphatic carbocycles. The van der Waals surface area contributed by atoms with Gasteiger partial charge in [-0.25, -0.2) is 13.8 Å². The molecule has 1 aliphatic rings. The van der Waals surface area contributed by atoms with Crippen LogP contribution in [0.2, 0.25) is 0 Å². The van der Waals surface area contributed by atoms with Gasteiger partial charge in [-0.1, -0.05) is 6.07 Å². The lowest BCUT2D eigenvalue weighted by Crippen LogP contribution is -2.44. The Hall–Kier alpha value is -3.87. The van der Waals surface area contributed by atoms with Gasteiger partial charge in [-0.05, 0) is 38.2 Å². The molecule has 1 aromatic carbocycles. The van der Waals surface area contributed by atoms with E-state index in [1.165, 1.54) is 12.1 Å². The van der Waals surface area contributed by atoms with Crippen molar-refractivity contribution in [3.8, 4) is 16.3 Å². The molecule has 9 nitrogen and oxygen atoms in total. The Morgan fingerprint density at radius 3 is 2.82 bits per heavy atom. The number of rotatable bonds is 8. The summed E-state index contributed by atoms with van der Waals surface area (Å²) < 4.78 is 35.5. The van der Waals surface area contributed by atoms with Gasteiger partial charge in [-0.2, -0.15) is 5.10 Å². The van der Waals surface area contributed by atoms with Gasteiger partial charge in [0.1, 0.15) is 5.84 Å². The SMILES string of the molecule is C=N/C(=C\C(=N/CN1CCN(C)CC1)Nc1cc(-c2cccs2)[nH]n1)Oc1c(F)cc2[nH]c(C)cc2c1F. The van der Waals surface area contributed by atoms with Gasteiger partial charge in [0.25, 0.3) is 0 Å². The highest BCUT2D eigenvalue weighted by molar-refractivity contribution is 7.13. The van der Waals surface area contributed by atoms with E-state index in [0.717, 1.165) is 36.8 Å². The van der Waals surface area contributed by atoms with E-state index in [0.29, 0.717) is 29.5 Å². The molecule has 5 rings (SSSR count). The molecule has 1 fully saturated rings. The molecule has 0 spiro atoms. The number of nitrogens with one attached hydrogen (secondary N) is 3. The van der Waals surface area contributed by atoms with E-state index in [1.54, 1.807) is 24.3 Å². The second-order valence-corrected chi connectivity index (χ2v) is 9.98. The molecular weight excluding hydrogens is 510 g/mol. The predicted octanol–water partition coefficient (Wildman–Crippen LogP) is 4.84. The van der Waals surface area contributed by atoms with Gasteiger partial charge in [-0.3, -0.25) is 15.0 Å². The highest BCUT2D eigenvalue weighted by Gasteiger charge is 2.19. The number of aliphatic imine (C=N–C) groups is 2. The lowest BCUT2D eigenvalue weighted by atomic mass is 10.2. The fraction of sp³-hybridized carbons (Fsp3) is 0.269. The Balaban J connectivity index is 1.42. The Morgan fingerprint density at radius 1 is 1.26 bits per heavy atom. The monoisotopic (exact) mass is 538 g/mol. The number of hydrogen-bond acceptors (Lipinski definition) is 7. The number of amidine groups is 1. The van der Waals surface area contributed by atoms with Gasteiger partial charge < -0.3 is 19.9 Å². The number of aryl methyl sites for hydroxylation is 1. The second-order valence-electron chi connectivity index (χ2n) is 9.03. The molecule has 0 saturated carbocycles. The van der Waals surface area contributed by atoms with Crippen LogP contribution in [-0.2, 0) is 0 Å². The Morgan fingerprint density at radius 2 is 2.08 bits per heavy atom. The number of nitrogens with zero attached hydrogens (tertiary/aromatic N) is 5. The van der Waals surface area contributed by atoms with Crippen molar-refractivity contribution in [1.29, 1.82) is 0 Å². The zero-order valence-electron chi connectivity index (χ0n) is 21.1. The zero-order valence-corrected chi connectivity index (χ0v) is 21.9. The van der Waals surface area contributed by atoms with Gasteiger partial charge in [0.2, 0.25) is 11.6 Å². The molecular formula is C26H28F2N8OS. The first kappa shape index (κ1) is 25.8. The van der Waals surface area contributed by atoms with Gasteiger partial charge >= 0.3 is 0 Å². The Labute approximate surface area is 222 Å². The minimum Gasteiger partial charge on any atom is -0.433 e. The molecule has 0 bridgehead atoms. The van der Waals surface area contributed by atoms with E-state index >= 15 is 4.39 Å². The summed E-state index contributed by atoms with van der Waals surface area (Å²) in [6.07, 6.45) is 1.45. The number of likely N-dealkylation sites (N-methyl/N-ethyl adjacent to an activating group) is 1. The van der Waals surface area contributed by atoms with Crippen molar-refractivity contribution >= 4 is 40.6 Å². The summed E-state index contributed by atoms with van der Waals surface area (Å²) in [5, 5.41) is 12.7. The fourth-order valence-electron chi connectivity index (χ4n) is 4.11. The topological polar surface area (TPSA) is 96.9 Å². The van der Waals surface area contributed by atoms with Gasteiger partial charge in [-0.15, -0.1) is 11.3 Å². The van der Waals surface area contributed by atoms with Crippen molar-refractivity contribution < 1.29 is 13.5 Å². The Kier molecular flexibility index (Phi) is 7.63. The summed E-state index contributed by atoms with van der Waals surface area (Å²) in [7, 11) is 2.09. The molecule has 0 atom stereocenters. The number of benzene rings is 1. The number of piperazine rings is 1. The standard InChI is InChI=1S/C26H28F2N8OS/c1-16-11-17-19(31-16)12-18(27)26(25(17)28)37-24(29-2)14-22(30-15-36-8-6-35(3)7-9-36)32-23-13-20(33-34-23)21-5-4-10-38-21/h4-5,10-14,31H,2,6-9,15H2,1,3H3,(H2,30,32,33,34)/b24-14+. The number of fused-ring (bicyclic) bond motifs is 1. The van der Waals surface area contributed by atoms with Crippen LogP contribution >= 0.6 is 11.3 Å². The first-order valence-corrected chi connectivity index (χ1v) is 12.9. The number of H-pyrrole nitrogens is 2. The predicted molar refractivity (Wildman–Crippen MR) is 148 cm³/mol. The summed E-state index contributed by atoms with van der Waals surface area (Å²) >= 11 is 1.59. The van der Waals surface area contributed by atoms with E-state index in [1.807, 2.05) is 23.6 Å². The Bertz CT molecular complexity index is 1480. The minimum absolute atomic E-state index is 0.118. The van der Waals surface area contributed by atoms with Crippen LogP contribution in [0.1, 0.15) is 5.69 Å². The number of aromatic nitrogens is 3. The number of hydrogen-bond donors (Lipinski definition) is 3. The molecule has 3 aromatic heterocycles. The molecule has 0 unspecified atom stereocenters. The molecule has 4 heterocycles. The molecule has 12 heteroatoms. The summed E-state index contributed by atoms with van der Waals surface area (Å²) in [5.74, 6) is -1.48. The van der Waals surface area contributed by atoms with Crippen molar-refractivity contribution in [2.45, 2.75) is 6.92 Å². The van der Waals surface area contributed by atoms with E-state index in [-0.39, 0.29) is 11.3 Å². The van der Waals surface area contributed by atoms with E-state index in [4.69, 9.17) is 9.73 Å². The van der Waals surface area contributed by atoms with Crippen molar-refractivity contribution in [2.24, 2.45) is 9.98 Å². The number of halogens is 2.